The monoisotopic (exact) mass is 352 g/mol. The van der Waals surface area contributed by atoms with Gasteiger partial charge in [-0.15, -0.1) is 0 Å². The van der Waals surface area contributed by atoms with Crippen LogP contribution in [0.1, 0.15) is 34.8 Å². The van der Waals surface area contributed by atoms with E-state index in [0.29, 0.717) is 42.0 Å². The summed E-state index contributed by atoms with van der Waals surface area (Å²) in [4.78, 5) is 22.2. The summed E-state index contributed by atoms with van der Waals surface area (Å²) in [5.74, 6) is -0.0640. The average molecular weight is 352 g/mol. The van der Waals surface area contributed by atoms with Gasteiger partial charge in [0.05, 0.1) is 16.2 Å². The number of rotatable bonds is 8. The normalized spacial score (nSPS) is 10.0. The summed E-state index contributed by atoms with van der Waals surface area (Å²) in [5, 5.41) is 26.5. The minimum atomic E-state index is -0.403. The number of Topliss-reactive ketones (excluding diaryl/α,β-unsaturated/α-hetero) is 1. The number of carbonyl (C=O) groups is 1. The first-order valence-corrected chi connectivity index (χ1v) is 8.20. The number of ketones is 1. The zero-order chi connectivity index (χ0) is 19.1. The largest absolute Gasteiger partial charge is 0.384 e. The van der Waals surface area contributed by atoms with Crippen molar-refractivity contribution in [3.8, 4) is 6.07 Å². The van der Waals surface area contributed by atoms with Crippen LogP contribution in [0.15, 0.2) is 36.4 Å². The summed E-state index contributed by atoms with van der Waals surface area (Å²) in [6, 6.07) is 12.1. The molecule has 0 aliphatic rings. The van der Waals surface area contributed by atoms with Crippen LogP contribution in [0.2, 0.25) is 0 Å². The van der Waals surface area contributed by atoms with Gasteiger partial charge in [0.1, 0.15) is 11.8 Å². The third-order valence-electron chi connectivity index (χ3n) is 3.88. The Bertz CT molecular complexity index is 872. The number of aryl methyl sites for hydroxylation is 1. The van der Waals surface area contributed by atoms with Crippen LogP contribution in [0, 0.1) is 28.4 Å². The van der Waals surface area contributed by atoms with Crippen molar-refractivity contribution in [1.82, 2.24) is 0 Å². The molecule has 2 aromatic carbocycles. The van der Waals surface area contributed by atoms with Gasteiger partial charge in [-0.3, -0.25) is 14.9 Å². The van der Waals surface area contributed by atoms with Crippen molar-refractivity contribution in [2.45, 2.75) is 20.3 Å². The molecule has 7 nitrogen and oxygen atoms in total. The van der Waals surface area contributed by atoms with Crippen LogP contribution >= 0.6 is 0 Å². The highest BCUT2D eigenvalue weighted by Crippen LogP contribution is 2.25. The predicted molar refractivity (Wildman–Crippen MR) is 101 cm³/mol. The lowest BCUT2D eigenvalue weighted by molar-refractivity contribution is -0.384. The van der Waals surface area contributed by atoms with Gasteiger partial charge in [-0.1, -0.05) is 6.07 Å². The Hall–Kier alpha value is -3.40. The Morgan fingerprint density at radius 3 is 2.46 bits per heavy atom. The Kier molecular flexibility index (Phi) is 6.28. The lowest BCUT2D eigenvalue weighted by Crippen LogP contribution is -2.11. The molecule has 0 saturated heterocycles. The molecule has 0 aliphatic carbocycles. The van der Waals surface area contributed by atoms with Crippen molar-refractivity contribution in [2.75, 3.05) is 23.7 Å². The number of benzene rings is 2. The van der Waals surface area contributed by atoms with Crippen LogP contribution in [0.25, 0.3) is 0 Å². The summed E-state index contributed by atoms with van der Waals surface area (Å²) in [6.45, 7) is 4.38. The van der Waals surface area contributed by atoms with Crippen molar-refractivity contribution in [3.05, 3.63) is 63.2 Å². The van der Waals surface area contributed by atoms with E-state index in [0.717, 1.165) is 5.56 Å². The van der Waals surface area contributed by atoms with E-state index in [1.807, 2.05) is 13.0 Å². The van der Waals surface area contributed by atoms with Crippen LogP contribution in [0.4, 0.5) is 17.1 Å². The van der Waals surface area contributed by atoms with Crippen molar-refractivity contribution >= 4 is 22.8 Å². The van der Waals surface area contributed by atoms with E-state index in [-0.39, 0.29) is 11.5 Å². The maximum atomic E-state index is 11.5. The molecule has 0 amide bonds. The molecule has 0 aromatic heterocycles. The molecule has 26 heavy (non-hydrogen) atoms. The number of hydrogen-bond donors (Lipinski definition) is 2. The third kappa shape index (κ3) is 4.80. The molecule has 2 rings (SSSR count). The van der Waals surface area contributed by atoms with E-state index in [9.17, 15) is 14.9 Å². The smallest absolute Gasteiger partial charge is 0.292 e. The van der Waals surface area contributed by atoms with Gasteiger partial charge in [0.15, 0.2) is 5.78 Å². The fourth-order valence-electron chi connectivity index (χ4n) is 2.48. The molecular formula is C19H20N4O3. The Labute approximate surface area is 151 Å². The second-order valence-electron chi connectivity index (χ2n) is 5.91. The number of nitriles is 1. The highest BCUT2D eigenvalue weighted by molar-refractivity contribution is 5.95. The van der Waals surface area contributed by atoms with Gasteiger partial charge in [-0.05, 0) is 50.1 Å². The number of nitrogens with zero attached hydrogens (tertiary/aromatic N) is 2. The standard InChI is InChI=1S/C19H20N4O3/c1-13-4-7-17(19(10-13)23(25)26)21-8-3-9-22-18-11-15(14(2)24)5-6-16(18)12-20/h4-7,10-11,21-22H,3,8-9H2,1-2H3. The zero-order valence-corrected chi connectivity index (χ0v) is 14.7. The summed E-state index contributed by atoms with van der Waals surface area (Å²) in [5.41, 5.74) is 2.99. The number of carbonyl (C=O) groups excluding carboxylic acids is 1. The van der Waals surface area contributed by atoms with Gasteiger partial charge in [-0.25, -0.2) is 0 Å². The number of hydrogen-bond acceptors (Lipinski definition) is 6. The third-order valence-corrected chi connectivity index (χ3v) is 3.88. The van der Waals surface area contributed by atoms with E-state index in [4.69, 9.17) is 5.26 Å². The lowest BCUT2D eigenvalue weighted by atomic mass is 10.1. The van der Waals surface area contributed by atoms with Gasteiger partial charge >= 0.3 is 0 Å². The maximum Gasteiger partial charge on any atom is 0.292 e. The van der Waals surface area contributed by atoms with Gasteiger partial charge in [0.2, 0.25) is 0 Å². The summed E-state index contributed by atoms with van der Waals surface area (Å²) in [7, 11) is 0. The van der Waals surface area contributed by atoms with E-state index < -0.39 is 4.92 Å². The molecule has 0 aliphatic heterocycles. The molecule has 7 heteroatoms. The lowest BCUT2D eigenvalue weighted by Gasteiger charge is -2.11. The molecule has 0 atom stereocenters. The Morgan fingerprint density at radius 2 is 1.85 bits per heavy atom. The second-order valence-corrected chi connectivity index (χ2v) is 5.91. The van der Waals surface area contributed by atoms with E-state index in [1.165, 1.54) is 13.0 Å². The van der Waals surface area contributed by atoms with Crippen molar-refractivity contribution in [3.63, 3.8) is 0 Å². The molecule has 0 radical (unpaired) electrons. The number of anilines is 2. The van der Waals surface area contributed by atoms with E-state index >= 15 is 0 Å². The summed E-state index contributed by atoms with van der Waals surface area (Å²) < 4.78 is 0. The van der Waals surface area contributed by atoms with Crippen molar-refractivity contribution in [2.24, 2.45) is 0 Å². The first kappa shape index (κ1) is 18.9. The second kappa shape index (κ2) is 8.62. The minimum absolute atomic E-state index is 0.0545. The molecule has 2 N–H and O–H groups in total. The molecule has 0 fully saturated rings. The number of nitrogens with one attached hydrogen (secondary N) is 2. The SMILES string of the molecule is CC(=O)c1ccc(C#N)c(NCCCNc2ccc(C)cc2[N+](=O)[O-])c1. The average Bonchev–Trinajstić information content (AvgIpc) is 2.62. The highest BCUT2D eigenvalue weighted by Gasteiger charge is 2.13. The quantitative estimate of drug-likeness (QED) is 0.323. The van der Waals surface area contributed by atoms with Crippen LogP contribution in [0.5, 0.6) is 0 Å². The van der Waals surface area contributed by atoms with E-state index in [2.05, 4.69) is 16.7 Å². The fourth-order valence-corrected chi connectivity index (χ4v) is 2.48. The molecule has 2 aromatic rings. The molecule has 0 bridgehead atoms. The first-order valence-electron chi connectivity index (χ1n) is 8.20. The van der Waals surface area contributed by atoms with Gasteiger partial charge in [0.25, 0.3) is 5.69 Å². The van der Waals surface area contributed by atoms with Crippen LogP contribution in [-0.2, 0) is 0 Å². The molecule has 134 valence electrons. The first-order chi connectivity index (χ1) is 12.4. The van der Waals surface area contributed by atoms with Crippen LogP contribution in [0.3, 0.4) is 0 Å². The topological polar surface area (TPSA) is 108 Å². The van der Waals surface area contributed by atoms with E-state index in [1.54, 1.807) is 24.3 Å². The minimum Gasteiger partial charge on any atom is -0.384 e. The predicted octanol–water partition coefficient (Wildman–Crippen LogP) is 3.89. The maximum absolute atomic E-state index is 11.5. The van der Waals surface area contributed by atoms with Crippen molar-refractivity contribution in [1.29, 1.82) is 5.26 Å². The summed E-state index contributed by atoms with van der Waals surface area (Å²) in [6.07, 6.45) is 0.681. The molecule has 0 spiro atoms. The highest BCUT2D eigenvalue weighted by atomic mass is 16.6. The fraction of sp³-hybridized carbons (Fsp3) is 0.263. The molecular weight excluding hydrogens is 332 g/mol. The molecule has 0 saturated carbocycles. The van der Waals surface area contributed by atoms with Crippen LogP contribution in [-0.4, -0.2) is 23.8 Å². The van der Waals surface area contributed by atoms with Crippen LogP contribution < -0.4 is 10.6 Å². The molecule has 0 heterocycles. The van der Waals surface area contributed by atoms with Crippen molar-refractivity contribution < 1.29 is 9.72 Å². The number of nitro benzene ring substituents is 1. The zero-order valence-electron chi connectivity index (χ0n) is 14.7. The van der Waals surface area contributed by atoms with Gasteiger partial charge in [-0.2, -0.15) is 5.26 Å². The Balaban J connectivity index is 1.92. The van der Waals surface area contributed by atoms with Gasteiger partial charge < -0.3 is 10.6 Å². The van der Waals surface area contributed by atoms with Gasteiger partial charge in [0, 0.05) is 24.7 Å². The summed E-state index contributed by atoms with van der Waals surface area (Å²) >= 11 is 0. The number of nitro groups is 1. The Morgan fingerprint density at radius 1 is 1.15 bits per heavy atom. The molecule has 0 unspecified atom stereocenters.